The molecule has 1 unspecified atom stereocenters. The molecule has 0 bridgehead atoms. The molecule has 0 radical (unpaired) electrons. The molecule has 5 heteroatoms. The minimum Gasteiger partial charge on any atom is -0.397 e. The van der Waals surface area contributed by atoms with Crippen LogP contribution in [0.2, 0.25) is 0 Å². The van der Waals surface area contributed by atoms with Crippen LogP contribution < -0.4 is 11.1 Å². The van der Waals surface area contributed by atoms with Crippen molar-refractivity contribution in [2.45, 2.75) is 33.2 Å². The molecule has 1 aromatic heterocycles. The van der Waals surface area contributed by atoms with Crippen molar-refractivity contribution in [2.24, 2.45) is 5.92 Å². The molecule has 1 amide bonds. The molecule has 2 heterocycles. The number of carbonyl (C=O) groups is 1. The van der Waals surface area contributed by atoms with Gasteiger partial charge in [0.1, 0.15) is 5.69 Å². The van der Waals surface area contributed by atoms with Crippen molar-refractivity contribution in [3.63, 3.8) is 0 Å². The summed E-state index contributed by atoms with van der Waals surface area (Å²) >= 11 is 0. The van der Waals surface area contributed by atoms with Gasteiger partial charge in [0.15, 0.2) is 0 Å². The van der Waals surface area contributed by atoms with Crippen LogP contribution in [0, 0.1) is 5.92 Å². The highest BCUT2D eigenvalue weighted by atomic mass is 16.1. The molecule has 112 valence electrons. The van der Waals surface area contributed by atoms with Crippen LogP contribution in [-0.4, -0.2) is 41.6 Å². The van der Waals surface area contributed by atoms with Gasteiger partial charge >= 0.3 is 0 Å². The lowest BCUT2D eigenvalue weighted by Crippen LogP contribution is -2.35. The molecular weight excluding hydrogens is 252 g/mol. The minimum absolute atomic E-state index is 0.0307. The first-order chi connectivity index (χ1) is 9.60. The first-order valence-corrected chi connectivity index (χ1v) is 7.56. The number of aromatic nitrogens is 1. The summed E-state index contributed by atoms with van der Waals surface area (Å²) in [5.41, 5.74) is 7.04. The smallest absolute Gasteiger partial charge is 0.267 e. The fourth-order valence-corrected chi connectivity index (χ4v) is 2.81. The van der Waals surface area contributed by atoms with Gasteiger partial charge in [-0.1, -0.05) is 6.92 Å². The van der Waals surface area contributed by atoms with E-state index < -0.39 is 0 Å². The van der Waals surface area contributed by atoms with Gasteiger partial charge in [0.25, 0.3) is 5.91 Å². The molecule has 1 aromatic rings. The number of aryl methyl sites for hydroxylation is 1. The van der Waals surface area contributed by atoms with E-state index in [-0.39, 0.29) is 5.91 Å². The number of amides is 1. The second-order valence-corrected chi connectivity index (χ2v) is 5.77. The molecule has 1 aliphatic rings. The lowest BCUT2D eigenvalue weighted by atomic mass is 10.1. The molecule has 0 saturated carbocycles. The molecule has 2 rings (SSSR count). The van der Waals surface area contributed by atoms with Gasteiger partial charge in [-0.05, 0) is 44.8 Å². The Morgan fingerprint density at radius 2 is 2.15 bits per heavy atom. The molecule has 1 saturated heterocycles. The third kappa shape index (κ3) is 3.76. The van der Waals surface area contributed by atoms with Gasteiger partial charge in [-0.15, -0.1) is 0 Å². The second kappa shape index (κ2) is 6.79. The van der Waals surface area contributed by atoms with E-state index >= 15 is 0 Å². The minimum atomic E-state index is -0.0307. The maximum absolute atomic E-state index is 12.2. The Hall–Kier alpha value is -1.49. The Labute approximate surface area is 121 Å². The number of rotatable bonds is 6. The zero-order valence-electron chi connectivity index (χ0n) is 12.6. The van der Waals surface area contributed by atoms with Gasteiger partial charge in [0.05, 0.1) is 5.69 Å². The third-order valence-electron chi connectivity index (χ3n) is 3.87. The van der Waals surface area contributed by atoms with Crippen molar-refractivity contribution in [2.75, 3.05) is 31.9 Å². The number of hydrogen-bond acceptors (Lipinski definition) is 3. The van der Waals surface area contributed by atoms with Crippen LogP contribution in [0.4, 0.5) is 5.69 Å². The van der Waals surface area contributed by atoms with Crippen molar-refractivity contribution in [1.29, 1.82) is 0 Å². The van der Waals surface area contributed by atoms with Gasteiger partial charge in [-0.25, -0.2) is 0 Å². The molecular formula is C15H26N4O. The number of hydrogen-bond donors (Lipinski definition) is 2. The van der Waals surface area contributed by atoms with E-state index in [4.69, 9.17) is 5.73 Å². The summed E-state index contributed by atoms with van der Waals surface area (Å²) in [4.78, 5) is 14.7. The van der Waals surface area contributed by atoms with Crippen molar-refractivity contribution < 1.29 is 4.79 Å². The van der Waals surface area contributed by atoms with Crippen molar-refractivity contribution in [1.82, 2.24) is 14.8 Å². The zero-order chi connectivity index (χ0) is 14.5. The number of nitrogens with zero attached hydrogens (tertiary/aromatic N) is 2. The van der Waals surface area contributed by atoms with Gasteiger partial charge < -0.3 is 20.5 Å². The Morgan fingerprint density at radius 1 is 1.45 bits per heavy atom. The molecule has 0 spiro atoms. The van der Waals surface area contributed by atoms with Crippen LogP contribution in [0.1, 0.15) is 37.2 Å². The summed E-state index contributed by atoms with van der Waals surface area (Å²) in [6, 6.07) is 1.74. The average molecular weight is 278 g/mol. The van der Waals surface area contributed by atoms with Crippen LogP contribution in [0.3, 0.4) is 0 Å². The second-order valence-electron chi connectivity index (χ2n) is 5.77. The highest BCUT2D eigenvalue weighted by Gasteiger charge is 2.16. The topological polar surface area (TPSA) is 63.3 Å². The predicted molar refractivity (Wildman–Crippen MR) is 81.7 cm³/mol. The number of nitrogens with one attached hydrogen (secondary N) is 1. The molecule has 1 fully saturated rings. The quantitative estimate of drug-likeness (QED) is 0.830. The summed E-state index contributed by atoms with van der Waals surface area (Å²) in [6.07, 6.45) is 4.42. The number of carbonyl (C=O) groups excluding carboxylic acids is 1. The Bertz CT molecular complexity index is 449. The zero-order valence-corrected chi connectivity index (χ0v) is 12.6. The fraction of sp³-hybridized carbons (Fsp3) is 0.667. The van der Waals surface area contributed by atoms with E-state index in [2.05, 4.69) is 17.1 Å². The highest BCUT2D eigenvalue weighted by molar-refractivity contribution is 5.93. The number of nitrogen functional groups attached to an aromatic ring is 1. The van der Waals surface area contributed by atoms with E-state index in [1.807, 2.05) is 17.7 Å². The number of likely N-dealkylation sites (tertiary alicyclic amines) is 1. The lowest BCUT2D eigenvalue weighted by molar-refractivity contribution is 0.0936. The number of nitrogens with two attached hydrogens (primary N) is 1. The molecule has 1 atom stereocenters. The molecule has 1 aliphatic heterocycles. The first kappa shape index (κ1) is 14.9. The van der Waals surface area contributed by atoms with Crippen LogP contribution in [0.15, 0.2) is 12.3 Å². The van der Waals surface area contributed by atoms with Crippen LogP contribution >= 0.6 is 0 Å². The summed E-state index contributed by atoms with van der Waals surface area (Å²) < 4.78 is 1.88. The third-order valence-corrected chi connectivity index (χ3v) is 3.87. The monoisotopic (exact) mass is 278 g/mol. The van der Waals surface area contributed by atoms with Gasteiger partial charge in [0.2, 0.25) is 0 Å². The van der Waals surface area contributed by atoms with Gasteiger partial charge in [-0.3, -0.25) is 4.79 Å². The van der Waals surface area contributed by atoms with Crippen molar-refractivity contribution in [3.8, 4) is 0 Å². The maximum atomic E-state index is 12.2. The van der Waals surface area contributed by atoms with Gasteiger partial charge in [0, 0.05) is 25.8 Å². The summed E-state index contributed by atoms with van der Waals surface area (Å²) in [5.74, 6) is 0.441. The van der Waals surface area contributed by atoms with Crippen LogP contribution in [0.25, 0.3) is 0 Å². The number of anilines is 1. The average Bonchev–Trinajstić information content (AvgIpc) is 3.05. The van der Waals surface area contributed by atoms with Crippen LogP contribution in [-0.2, 0) is 6.54 Å². The SMILES string of the molecule is CCn1cc(N)cc1C(=O)NCC(C)CN1CCCC1. The fourth-order valence-electron chi connectivity index (χ4n) is 2.81. The van der Waals surface area contributed by atoms with Crippen molar-refractivity contribution >= 4 is 11.6 Å². The normalized spacial score (nSPS) is 17.3. The summed E-state index contributed by atoms with van der Waals surface area (Å²) in [5, 5.41) is 3.02. The Morgan fingerprint density at radius 3 is 2.80 bits per heavy atom. The summed E-state index contributed by atoms with van der Waals surface area (Å²) in [7, 11) is 0. The molecule has 5 nitrogen and oxygen atoms in total. The van der Waals surface area contributed by atoms with E-state index in [1.165, 1.54) is 25.9 Å². The van der Waals surface area contributed by atoms with E-state index in [0.717, 1.165) is 13.1 Å². The predicted octanol–water partition coefficient (Wildman–Crippen LogP) is 1.55. The van der Waals surface area contributed by atoms with E-state index in [0.29, 0.717) is 23.8 Å². The molecule has 0 aromatic carbocycles. The maximum Gasteiger partial charge on any atom is 0.267 e. The first-order valence-electron chi connectivity index (χ1n) is 7.56. The summed E-state index contributed by atoms with van der Waals surface area (Å²) in [6.45, 7) is 9.13. The Kier molecular flexibility index (Phi) is 5.06. The van der Waals surface area contributed by atoms with Crippen LogP contribution in [0.5, 0.6) is 0 Å². The highest BCUT2D eigenvalue weighted by Crippen LogP contribution is 2.12. The Balaban J connectivity index is 1.81. The molecule has 0 aliphatic carbocycles. The van der Waals surface area contributed by atoms with Gasteiger partial charge in [-0.2, -0.15) is 0 Å². The van der Waals surface area contributed by atoms with E-state index in [1.54, 1.807) is 6.07 Å². The van der Waals surface area contributed by atoms with Crippen molar-refractivity contribution in [3.05, 3.63) is 18.0 Å². The standard InChI is InChI=1S/C15H26N4O/c1-3-19-11-13(16)8-14(19)15(20)17-9-12(2)10-18-6-4-5-7-18/h8,11-12H,3-7,9-10,16H2,1-2H3,(H,17,20). The largest absolute Gasteiger partial charge is 0.397 e. The van der Waals surface area contributed by atoms with E-state index in [9.17, 15) is 4.79 Å². The lowest BCUT2D eigenvalue weighted by Gasteiger charge is -2.20. The molecule has 3 N–H and O–H groups in total. The molecule has 20 heavy (non-hydrogen) atoms.